The largest absolute Gasteiger partial charge is 0.442 e. The van der Waals surface area contributed by atoms with Gasteiger partial charge in [0.2, 0.25) is 0 Å². The van der Waals surface area contributed by atoms with Crippen LogP contribution in [-0.2, 0) is 14.3 Å². The van der Waals surface area contributed by atoms with Crippen LogP contribution in [0.4, 0.5) is 14.9 Å². The maximum absolute atomic E-state index is 14.6. The van der Waals surface area contributed by atoms with Crippen molar-refractivity contribution in [3.05, 3.63) is 47.3 Å². The summed E-state index contributed by atoms with van der Waals surface area (Å²) in [7, 11) is 2.01. The summed E-state index contributed by atoms with van der Waals surface area (Å²) in [6.45, 7) is 9.15. The molecule has 6 atom stereocenters. The van der Waals surface area contributed by atoms with Crippen LogP contribution in [0.2, 0.25) is 0 Å². The minimum atomic E-state index is -0.748. The van der Waals surface area contributed by atoms with E-state index in [4.69, 9.17) is 4.74 Å². The number of hydrogen-bond acceptors (Lipinski definition) is 8. The zero-order valence-electron chi connectivity index (χ0n) is 26.6. The normalized spacial score (nSPS) is 21.6. The summed E-state index contributed by atoms with van der Waals surface area (Å²) in [6.07, 6.45) is 8.17. The minimum absolute atomic E-state index is 0.0153. The molecule has 2 saturated heterocycles. The van der Waals surface area contributed by atoms with E-state index in [0.29, 0.717) is 43.5 Å². The average molecular weight is 616 g/mol. The Labute approximate surface area is 261 Å². The fourth-order valence-corrected chi connectivity index (χ4v) is 5.99. The summed E-state index contributed by atoms with van der Waals surface area (Å²) in [5.74, 6) is -1.25. The molecular weight excluding hydrogens is 565 g/mol. The molecule has 0 aliphatic carbocycles. The van der Waals surface area contributed by atoms with Gasteiger partial charge in [0, 0.05) is 50.7 Å². The van der Waals surface area contributed by atoms with E-state index in [-0.39, 0.29) is 36.7 Å². The first-order valence-electron chi connectivity index (χ1n) is 15.8. The van der Waals surface area contributed by atoms with E-state index in [1.807, 2.05) is 57.0 Å². The quantitative estimate of drug-likeness (QED) is 0.222. The van der Waals surface area contributed by atoms with Gasteiger partial charge in [0.15, 0.2) is 0 Å². The summed E-state index contributed by atoms with van der Waals surface area (Å²) in [6, 6.07) is 4.77. The highest BCUT2D eigenvalue weighted by molar-refractivity contribution is 5.69. The first-order chi connectivity index (χ1) is 21.1. The van der Waals surface area contributed by atoms with Crippen LogP contribution in [-0.4, -0.2) is 103 Å². The van der Waals surface area contributed by atoms with Gasteiger partial charge in [-0.1, -0.05) is 31.6 Å². The van der Waals surface area contributed by atoms with Crippen LogP contribution in [0, 0.1) is 23.6 Å². The van der Waals surface area contributed by atoms with Crippen LogP contribution in [0.15, 0.2) is 35.9 Å². The second-order valence-corrected chi connectivity index (χ2v) is 12.5. The number of piperazine rings is 1. The number of anilines is 1. The first kappa shape index (κ1) is 35.4. The molecule has 1 aromatic rings. The number of aliphatic hydroxyl groups is 2. The number of allylic oxidation sites excluding steroid dienone is 2. The number of halogens is 1. The molecule has 2 aliphatic rings. The lowest BCUT2D eigenvalue weighted by Gasteiger charge is -2.33. The smallest absolute Gasteiger partial charge is 0.410 e. The van der Waals surface area contributed by atoms with Gasteiger partial charge in [0.25, 0.3) is 0 Å². The lowest BCUT2D eigenvalue weighted by Crippen LogP contribution is -2.48. The third kappa shape index (κ3) is 10.2. The topological polar surface area (TPSA) is 111 Å². The van der Waals surface area contributed by atoms with Gasteiger partial charge in [0.1, 0.15) is 24.5 Å². The van der Waals surface area contributed by atoms with Gasteiger partial charge in [-0.05, 0) is 81.3 Å². The van der Waals surface area contributed by atoms with Crippen molar-refractivity contribution in [3.63, 3.8) is 0 Å². The number of benzene rings is 1. The van der Waals surface area contributed by atoms with E-state index in [0.717, 1.165) is 44.3 Å². The molecule has 0 saturated carbocycles. The second kappa shape index (κ2) is 17.4. The van der Waals surface area contributed by atoms with Crippen molar-refractivity contribution in [2.75, 3.05) is 51.3 Å². The van der Waals surface area contributed by atoms with E-state index >= 15 is 0 Å². The number of nitrogens with zero attached hydrogens (tertiary/aromatic N) is 3. The molecule has 2 fully saturated rings. The van der Waals surface area contributed by atoms with E-state index < -0.39 is 24.2 Å². The van der Waals surface area contributed by atoms with Gasteiger partial charge in [0.05, 0.1) is 18.8 Å². The Bertz CT molecular complexity index is 1150. The van der Waals surface area contributed by atoms with Crippen molar-refractivity contribution in [3.8, 4) is 0 Å². The Morgan fingerprint density at radius 3 is 2.48 bits per heavy atom. The molecule has 1 aromatic carbocycles. The number of hydrogen-bond donors (Lipinski definition) is 2. The molecule has 10 heteroatoms. The van der Waals surface area contributed by atoms with Crippen LogP contribution in [0.3, 0.4) is 0 Å². The standard InChI is InChI=1S/C34H50FN3O6/c1-24(32(23-41)26(3)18-27-19-28(35)21-30(20-27)38-12-5-6-29(38)22-40)8-10-33(25(2)7-9-31(42)11-17-39)44-34(43)37-15-13-36(4)14-16-37/h8,10,17-21,23-25,29,31-33,40,42H,5-7,9,11-16,22H2,1-4H3/b10-8+,26-18+/t24-,25-,29+,31+,32-,33-/m0/s1. The van der Waals surface area contributed by atoms with E-state index in [2.05, 4.69) is 4.90 Å². The highest BCUT2D eigenvalue weighted by Crippen LogP contribution is 2.30. The molecule has 44 heavy (non-hydrogen) atoms. The lowest BCUT2D eigenvalue weighted by molar-refractivity contribution is -0.111. The average Bonchev–Trinajstić information content (AvgIpc) is 3.47. The fraction of sp³-hybridized carbons (Fsp3) is 0.618. The Kier molecular flexibility index (Phi) is 14.0. The maximum atomic E-state index is 14.6. The van der Waals surface area contributed by atoms with Crippen LogP contribution in [0.25, 0.3) is 6.08 Å². The van der Waals surface area contributed by atoms with Crippen molar-refractivity contribution in [1.29, 1.82) is 0 Å². The first-order valence-corrected chi connectivity index (χ1v) is 15.8. The van der Waals surface area contributed by atoms with Gasteiger partial charge in [-0.15, -0.1) is 0 Å². The number of likely N-dealkylation sites (N-methyl/N-ethyl adjacent to an activating group) is 1. The maximum Gasteiger partial charge on any atom is 0.410 e. The molecule has 0 radical (unpaired) electrons. The fourth-order valence-electron chi connectivity index (χ4n) is 5.99. The van der Waals surface area contributed by atoms with E-state index in [1.165, 1.54) is 12.1 Å². The predicted octanol–water partition coefficient (Wildman–Crippen LogP) is 4.32. The lowest BCUT2D eigenvalue weighted by atomic mass is 9.86. The summed E-state index contributed by atoms with van der Waals surface area (Å²) >= 11 is 0. The highest BCUT2D eigenvalue weighted by Gasteiger charge is 2.27. The molecule has 2 aliphatic heterocycles. The van der Waals surface area contributed by atoms with Gasteiger partial charge >= 0.3 is 6.09 Å². The Balaban J connectivity index is 1.76. The van der Waals surface area contributed by atoms with Crippen LogP contribution in [0.1, 0.15) is 58.4 Å². The van der Waals surface area contributed by atoms with Crippen molar-refractivity contribution < 1.29 is 33.7 Å². The third-order valence-corrected chi connectivity index (χ3v) is 8.94. The molecule has 0 bridgehead atoms. The van der Waals surface area contributed by atoms with Crippen molar-refractivity contribution >= 4 is 30.4 Å². The van der Waals surface area contributed by atoms with Crippen molar-refractivity contribution in [2.24, 2.45) is 17.8 Å². The van der Waals surface area contributed by atoms with Crippen LogP contribution in [0.5, 0.6) is 0 Å². The second-order valence-electron chi connectivity index (χ2n) is 12.5. The Morgan fingerprint density at radius 2 is 1.82 bits per heavy atom. The molecule has 0 unspecified atom stereocenters. The highest BCUT2D eigenvalue weighted by atomic mass is 19.1. The van der Waals surface area contributed by atoms with Crippen molar-refractivity contribution in [2.45, 2.75) is 71.1 Å². The van der Waals surface area contributed by atoms with E-state index in [9.17, 15) is 29.0 Å². The van der Waals surface area contributed by atoms with Crippen LogP contribution < -0.4 is 4.90 Å². The van der Waals surface area contributed by atoms with Gasteiger partial charge in [-0.3, -0.25) is 0 Å². The van der Waals surface area contributed by atoms with Gasteiger partial charge in [-0.2, -0.15) is 0 Å². The molecule has 9 nitrogen and oxygen atoms in total. The molecule has 1 amide bonds. The zero-order valence-corrected chi connectivity index (χ0v) is 26.6. The number of rotatable bonds is 15. The summed E-state index contributed by atoms with van der Waals surface area (Å²) < 4.78 is 20.6. The number of aldehydes is 2. The SMILES string of the molecule is C/C(=C\c1cc(F)cc(N2CCC[C@@H]2CO)c1)[C@@H](C=O)[C@@H](C)/C=C/[C@H](OC(=O)N1CCN(C)CC1)[C@@H](C)CC[C@@H](O)CC=O. The minimum Gasteiger partial charge on any atom is -0.442 e. The zero-order chi connectivity index (χ0) is 32.2. The summed E-state index contributed by atoms with van der Waals surface area (Å²) in [4.78, 5) is 42.0. The van der Waals surface area contributed by atoms with Crippen molar-refractivity contribution in [1.82, 2.24) is 9.80 Å². The number of aliphatic hydroxyl groups excluding tert-OH is 2. The van der Waals surface area contributed by atoms with Crippen LogP contribution >= 0.6 is 0 Å². The number of amides is 1. The Hall–Kier alpha value is -3.08. The molecule has 2 N–H and O–H groups in total. The third-order valence-electron chi connectivity index (χ3n) is 8.94. The monoisotopic (exact) mass is 615 g/mol. The molecule has 244 valence electrons. The predicted molar refractivity (Wildman–Crippen MR) is 170 cm³/mol. The molecular formula is C34H50FN3O6. The molecule has 2 heterocycles. The molecule has 0 aromatic heterocycles. The molecule has 0 spiro atoms. The molecule has 3 rings (SSSR count). The summed E-state index contributed by atoms with van der Waals surface area (Å²) in [5.41, 5.74) is 2.13. The number of carbonyl (C=O) groups excluding carboxylic acids is 3. The number of carbonyl (C=O) groups is 3. The number of ether oxygens (including phenoxy) is 1. The Morgan fingerprint density at radius 1 is 1.09 bits per heavy atom. The van der Waals surface area contributed by atoms with Gasteiger partial charge in [-0.25, -0.2) is 9.18 Å². The van der Waals surface area contributed by atoms with Gasteiger partial charge < -0.3 is 39.2 Å². The summed E-state index contributed by atoms with van der Waals surface area (Å²) in [5, 5.41) is 19.8. The van der Waals surface area contributed by atoms with E-state index in [1.54, 1.807) is 4.90 Å².